The fraction of sp³-hybridized carbons (Fsp3) is 0.571. The molecule has 0 saturated carbocycles. The van der Waals surface area contributed by atoms with E-state index in [1.165, 1.54) is 11.3 Å². The summed E-state index contributed by atoms with van der Waals surface area (Å²) in [7, 11) is 0. The molecule has 98 valence electrons. The first-order valence-corrected chi connectivity index (χ1v) is 6.02. The molecule has 1 aromatic carbocycles. The molecule has 0 bridgehead atoms. The highest BCUT2D eigenvalue weighted by molar-refractivity contribution is 5.85. The van der Waals surface area contributed by atoms with Crippen LogP contribution in [-0.4, -0.2) is 12.6 Å². The first-order valence-electron chi connectivity index (χ1n) is 6.02. The summed E-state index contributed by atoms with van der Waals surface area (Å²) < 4.78 is 5.55. The van der Waals surface area contributed by atoms with E-state index < -0.39 is 0 Å². The van der Waals surface area contributed by atoms with Crippen molar-refractivity contribution in [3.63, 3.8) is 0 Å². The van der Waals surface area contributed by atoms with Crippen LogP contribution in [0.2, 0.25) is 0 Å². The summed E-state index contributed by atoms with van der Waals surface area (Å²) in [4.78, 5) is 0. The predicted molar refractivity (Wildman–Crippen MR) is 76.9 cm³/mol. The quantitative estimate of drug-likeness (QED) is 0.828. The topological polar surface area (TPSA) is 21.3 Å². The van der Waals surface area contributed by atoms with Gasteiger partial charge in [-0.2, -0.15) is 0 Å². The standard InChI is InChI=1S/C14H23NO.ClH/c1-11(2)9-15-14-7-5-13(6-8-14)10-16-12(3)4;/h5-8,11-12,15H,9-10H2,1-4H3;1H. The van der Waals surface area contributed by atoms with Crippen molar-refractivity contribution >= 4 is 18.1 Å². The minimum atomic E-state index is 0. The van der Waals surface area contributed by atoms with Crippen LogP contribution in [0.1, 0.15) is 33.3 Å². The molecule has 0 fully saturated rings. The van der Waals surface area contributed by atoms with Crippen LogP contribution in [0, 0.1) is 5.92 Å². The van der Waals surface area contributed by atoms with Gasteiger partial charge in [-0.3, -0.25) is 0 Å². The normalized spacial score (nSPS) is 10.5. The van der Waals surface area contributed by atoms with E-state index in [1.54, 1.807) is 0 Å². The molecule has 0 aliphatic heterocycles. The second kappa shape index (κ2) is 8.37. The maximum absolute atomic E-state index is 5.55. The Labute approximate surface area is 111 Å². The molecule has 0 spiro atoms. The lowest BCUT2D eigenvalue weighted by Gasteiger charge is -2.10. The van der Waals surface area contributed by atoms with Crippen LogP contribution >= 0.6 is 12.4 Å². The molecule has 2 nitrogen and oxygen atoms in total. The molecule has 1 rings (SSSR count). The van der Waals surface area contributed by atoms with E-state index in [0.717, 1.165) is 6.54 Å². The Kier molecular flexibility index (Phi) is 8.01. The Morgan fingerprint density at radius 3 is 2.12 bits per heavy atom. The van der Waals surface area contributed by atoms with E-state index in [-0.39, 0.29) is 12.4 Å². The molecule has 0 aliphatic rings. The number of hydrogen-bond acceptors (Lipinski definition) is 2. The van der Waals surface area contributed by atoms with Crippen LogP contribution in [-0.2, 0) is 11.3 Å². The Balaban J connectivity index is 0.00000256. The third-order valence-electron chi connectivity index (χ3n) is 2.25. The Hall–Kier alpha value is -0.730. The van der Waals surface area contributed by atoms with Crippen molar-refractivity contribution in [2.75, 3.05) is 11.9 Å². The molecule has 0 aliphatic carbocycles. The van der Waals surface area contributed by atoms with E-state index >= 15 is 0 Å². The maximum atomic E-state index is 5.55. The van der Waals surface area contributed by atoms with Crippen molar-refractivity contribution in [2.24, 2.45) is 5.92 Å². The minimum Gasteiger partial charge on any atom is -0.385 e. The molecule has 1 aromatic rings. The molecule has 3 heteroatoms. The Morgan fingerprint density at radius 2 is 1.65 bits per heavy atom. The molecular weight excluding hydrogens is 234 g/mol. The number of nitrogens with one attached hydrogen (secondary N) is 1. The van der Waals surface area contributed by atoms with Gasteiger partial charge < -0.3 is 10.1 Å². The summed E-state index contributed by atoms with van der Waals surface area (Å²) in [6, 6.07) is 8.46. The van der Waals surface area contributed by atoms with Crippen LogP contribution in [0.5, 0.6) is 0 Å². The molecule has 17 heavy (non-hydrogen) atoms. The second-order valence-corrected chi connectivity index (χ2v) is 4.83. The second-order valence-electron chi connectivity index (χ2n) is 4.83. The summed E-state index contributed by atoms with van der Waals surface area (Å²) in [6.07, 6.45) is 0.291. The van der Waals surface area contributed by atoms with Crippen LogP contribution < -0.4 is 5.32 Å². The van der Waals surface area contributed by atoms with Crippen LogP contribution in [0.3, 0.4) is 0 Å². The van der Waals surface area contributed by atoms with E-state index in [0.29, 0.717) is 18.6 Å². The van der Waals surface area contributed by atoms with Gasteiger partial charge >= 0.3 is 0 Å². The number of hydrogen-bond donors (Lipinski definition) is 1. The van der Waals surface area contributed by atoms with Gasteiger partial charge in [-0.25, -0.2) is 0 Å². The molecule has 0 saturated heterocycles. The molecule has 0 amide bonds. The minimum absolute atomic E-state index is 0. The predicted octanol–water partition coefficient (Wildman–Crippen LogP) is 4.10. The molecule has 1 N–H and O–H groups in total. The van der Waals surface area contributed by atoms with Crippen molar-refractivity contribution in [1.29, 1.82) is 0 Å². The maximum Gasteiger partial charge on any atom is 0.0720 e. The monoisotopic (exact) mass is 257 g/mol. The van der Waals surface area contributed by atoms with E-state index in [2.05, 4.69) is 57.3 Å². The lowest BCUT2D eigenvalue weighted by Crippen LogP contribution is -2.08. The Morgan fingerprint density at radius 1 is 1.06 bits per heavy atom. The van der Waals surface area contributed by atoms with Gasteiger partial charge in [0.1, 0.15) is 0 Å². The van der Waals surface area contributed by atoms with Crippen molar-refractivity contribution < 1.29 is 4.74 Å². The highest BCUT2D eigenvalue weighted by Crippen LogP contribution is 2.11. The van der Waals surface area contributed by atoms with Gasteiger partial charge in [-0.05, 0) is 37.5 Å². The van der Waals surface area contributed by atoms with E-state index in [1.807, 2.05) is 0 Å². The van der Waals surface area contributed by atoms with Gasteiger partial charge in [-0.15, -0.1) is 12.4 Å². The molecule has 0 unspecified atom stereocenters. The summed E-state index contributed by atoms with van der Waals surface area (Å²) in [5.74, 6) is 0.670. The molecule has 0 atom stereocenters. The zero-order valence-corrected chi connectivity index (χ0v) is 12.0. The fourth-order valence-corrected chi connectivity index (χ4v) is 1.30. The molecule has 0 radical (unpaired) electrons. The summed E-state index contributed by atoms with van der Waals surface area (Å²) in [6.45, 7) is 10.2. The van der Waals surface area contributed by atoms with Crippen LogP contribution in [0.4, 0.5) is 5.69 Å². The number of benzene rings is 1. The number of ether oxygens (including phenoxy) is 1. The number of halogens is 1. The van der Waals surface area contributed by atoms with Gasteiger partial charge in [0, 0.05) is 12.2 Å². The van der Waals surface area contributed by atoms with Crippen molar-refractivity contribution in [2.45, 2.75) is 40.4 Å². The molecular formula is C14H24ClNO. The number of anilines is 1. The van der Waals surface area contributed by atoms with Gasteiger partial charge in [0.25, 0.3) is 0 Å². The SMILES string of the molecule is CC(C)CNc1ccc(COC(C)C)cc1.Cl. The fourth-order valence-electron chi connectivity index (χ4n) is 1.30. The molecule has 0 aromatic heterocycles. The van der Waals surface area contributed by atoms with Crippen LogP contribution in [0.15, 0.2) is 24.3 Å². The average Bonchev–Trinajstić information content (AvgIpc) is 2.25. The summed E-state index contributed by atoms with van der Waals surface area (Å²) in [5.41, 5.74) is 2.41. The van der Waals surface area contributed by atoms with E-state index in [4.69, 9.17) is 4.74 Å². The third-order valence-corrected chi connectivity index (χ3v) is 2.25. The lowest BCUT2D eigenvalue weighted by molar-refractivity contribution is 0.0657. The smallest absolute Gasteiger partial charge is 0.0720 e. The van der Waals surface area contributed by atoms with E-state index in [9.17, 15) is 0 Å². The Bertz CT molecular complexity index is 265. The van der Waals surface area contributed by atoms with Crippen molar-refractivity contribution in [1.82, 2.24) is 0 Å². The molecule has 0 heterocycles. The number of rotatable bonds is 6. The largest absolute Gasteiger partial charge is 0.385 e. The van der Waals surface area contributed by atoms with Crippen molar-refractivity contribution in [3.8, 4) is 0 Å². The highest BCUT2D eigenvalue weighted by atomic mass is 35.5. The average molecular weight is 258 g/mol. The van der Waals surface area contributed by atoms with Gasteiger partial charge in [0.05, 0.1) is 12.7 Å². The lowest BCUT2D eigenvalue weighted by atomic mass is 10.2. The summed E-state index contributed by atoms with van der Waals surface area (Å²) in [5, 5.41) is 3.40. The van der Waals surface area contributed by atoms with Crippen molar-refractivity contribution in [3.05, 3.63) is 29.8 Å². The first kappa shape index (κ1) is 16.3. The van der Waals surface area contributed by atoms with Crippen LogP contribution in [0.25, 0.3) is 0 Å². The van der Waals surface area contributed by atoms with Gasteiger partial charge in [0.2, 0.25) is 0 Å². The van der Waals surface area contributed by atoms with Gasteiger partial charge in [0.15, 0.2) is 0 Å². The zero-order valence-electron chi connectivity index (χ0n) is 11.2. The third kappa shape index (κ3) is 7.24. The zero-order chi connectivity index (χ0) is 12.0. The van der Waals surface area contributed by atoms with Gasteiger partial charge in [-0.1, -0.05) is 26.0 Å². The summed E-state index contributed by atoms with van der Waals surface area (Å²) >= 11 is 0. The highest BCUT2D eigenvalue weighted by Gasteiger charge is 1.98. The first-order chi connectivity index (χ1) is 7.58.